The molecule has 20 heavy (non-hydrogen) atoms. The number of aromatic nitrogens is 1. The first-order valence-corrected chi connectivity index (χ1v) is 5.43. The minimum atomic E-state index is -4.81. The van der Waals surface area contributed by atoms with Gasteiger partial charge in [0.1, 0.15) is 5.82 Å². The fourth-order valence-electron chi connectivity index (χ4n) is 1.66. The van der Waals surface area contributed by atoms with Crippen molar-refractivity contribution in [3.63, 3.8) is 0 Å². The second-order valence-electron chi connectivity index (χ2n) is 3.96. The zero-order chi connectivity index (χ0) is 14.9. The van der Waals surface area contributed by atoms with E-state index in [1.165, 1.54) is 18.2 Å². The maximum Gasteiger partial charge on any atom is 0.434 e. The Morgan fingerprint density at radius 1 is 1.05 bits per heavy atom. The molecule has 0 radical (unpaired) electrons. The topological polar surface area (TPSA) is 56.0 Å². The Balaban J connectivity index is 2.58. The fourth-order valence-corrected chi connectivity index (χ4v) is 1.66. The third kappa shape index (κ3) is 2.76. The van der Waals surface area contributed by atoms with Gasteiger partial charge in [0.25, 0.3) is 5.91 Å². The Hall–Kier alpha value is -2.44. The van der Waals surface area contributed by atoms with Crippen molar-refractivity contribution >= 4 is 5.91 Å². The number of alkyl halides is 3. The predicted molar refractivity (Wildman–Crippen MR) is 63.2 cm³/mol. The molecule has 1 heterocycles. The first-order chi connectivity index (χ1) is 9.29. The lowest BCUT2D eigenvalue weighted by Crippen LogP contribution is -2.20. The molecule has 0 unspecified atom stereocenters. The summed E-state index contributed by atoms with van der Waals surface area (Å²) in [5.41, 5.74) is 3.10. The van der Waals surface area contributed by atoms with E-state index < -0.39 is 29.2 Å². The highest BCUT2D eigenvalue weighted by molar-refractivity contribution is 5.94. The number of primary amides is 1. The molecule has 0 aliphatic heterocycles. The van der Waals surface area contributed by atoms with Gasteiger partial charge in [-0.15, -0.1) is 0 Å². The maximum atomic E-state index is 12.8. The number of hydrogen-bond acceptors (Lipinski definition) is 2. The minimum absolute atomic E-state index is 0.0256. The summed E-state index contributed by atoms with van der Waals surface area (Å²) >= 11 is 0. The van der Waals surface area contributed by atoms with Crippen molar-refractivity contribution in [1.29, 1.82) is 0 Å². The number of carbonyl (C=O) groups is 1. The quantitative estimate of drug-likeness (QED) is 0.862. The van der Waals surface area contributed by atoms with Crippen molar-refractivity contribution in [3.05, 3.63) is 53.5 Å². The lowest BCUT2D eigenvalue weighted by molar-refractivity contribution is -0.141. The van der Waals surface area contributed by atoms with E-state index in [-0.39, 0.29) is 5.69 Å². The summed E-state index contributed by atoms with van der Waals surface area (Å²) in [7, 11) is 0. The van der Waals surface area contributed by atoms with Gasteiger partial charge < -0.3 is 5.73 Å². The zero-order valence-electron chi connectivity index (χ0n) is 9.91. The molecule has 0 saturated heterocycles. The lowest BCUT2D eigenvalue weighted by Gasteiger charge is -2.11. The Labute approximate surface area is 111 Å². The van der Waals surface area contributed by atoms with Crippen LogP contribution >= 0.6 is 0 Å². The van der Waals surface area contributed by atoms with E-state index in [1.807, 2.05) is 0 Å². The third-order valence-electron chi connectivity index (χ3n) is 2.57. The standard InChI is InChI=1S/C13H8F4N2O/c14-8-3-1-7(2-4-8)10-6-5-9(12(18)20)11(19-10)13(15,16)17/h1-6H,(H2,18,20). The van der Waals surface area contributed by atoms with Crippen LogP contribution in [0, 0.1) is 5.82 Å². The number of nitrogens with two attached hydrogens (primary N) is 1. The maximum absolute atomic E-state index is 12.8. The monoisotopic (exact) mass is 284 g/mol. The number of carbonyl (C=O) groups excluding carboxylic acids is 1. The molecule has 0 bridgehead atoms. The molecule has 0 atom stereocenters. The molecule has 2 aromatic rings. The Morgan fingerprint density at radius 3 is 2.15 bits per heavy atom. The second-order valence-corrected chi connectivity index (χ2v) is 3.96. The van der Waals surface area contributed by atoms with E-state index >= 15 is 0 Å². The number of pyridine rings is 1. The second kappa shape index (κ2) is 4.92. The van der Waals surface area contributed by atoms with Gasteiger partial charge in [-0.1, -0.05) is 0 Å². The number of hydrogen-bond donors (Lipinski definition) is 1. The zero-order valence-corrected chi connectivity index (χ0v) is 9.91. The van der Waals surface area contributed by atoms with Gasteiger partial charge in [-0.25, -0.2) is 9.37 Å². The van der Waals surface area contributed by atoms with Crippen molar-refractivity contribution in [2.75, 3.05) is 0 Å². The molecule has 2 rings (SSSR count). The van der Waals surface area contributed by atoms with E-state index in [4.69, 9.17) is 5.73 Å². The van der Waals surface area contributed by atoms with Crippen LogP contribution in [0.15, 0.2) is 36.4 Å². The molecule has 104 valence electrons. The molecule has 7 heteroatoms. The molecule has 3 nitrogen and oxygen atoms in total. The van der Waals surface area contributed by atoms with Crippen LogP contribution in [-0.2, 0) is 6.18 Å². The van der Waals surface area contributed by atoms with E-state index in [2.05, 4.69) is 4.98 Å². The Bertz CT molecular complexity index is 650. The summed E-state index contributed by atoms with van der Waals surface area (Å²) in [6, 6.07) is 6.97. The van der Waals surface area contributed by atoms with Gasteiger partial charge >= 0.3 is 6.18 Å². The average Bonchev–Trinajstić information content (AvgIpc) is 2.38. The summed E-state index contributed by atoms with van der Waals surface area (Å²) in [4.78, 5) is 14.4. The van der Waals surface area contributed by atoms with Crippen molar-refractivity contribution in [2.45, 2.75) is 6.18 Å². The Kier molecular flexibility index (Phi) is 3.44. The van der Waals surface area contributed by atoms with E-state index in [0.29, 0.717) is 5.56 Å². The number of rotatable bonds is 2. The van der Waals surface area contributed by atoms with Gasteiger partial charge in [-0.05, 0) is 36.4 Å². The van der Waals surface area contributed by atoms with Gasteiger partial charge in [0.05, 0.1) is 11.3 Å². The average molecular weight is 284 g/mol. The molecule has 1 aromatic heterocycles. The molecular weight excluding hydrogens is 276 g/mol. The highest BCUT2D eigenvalue weighted by atomic mass is 19.4. The normalized spacial score (nSPS) is 11.4. The Morgan fingerprint density at radius 2 is 1.65 bits per heavy atom. The highest BCUT2D eigenvalue weighted by Gasteiger charge is 2.37. The first kappa shape index (κ1) is 14.0. The third-order valence-corrected chi connectivity index (χ3v) is 2.57. The van der Waals surface area contributed by atoms with E-state index in [9.17, 15) is 22.4 Å². The molecule has 0 spiro atoms. The van der Waals surface area contributed by atoms with Crippen molar-refractivity contribution in [3.8, 4) is 11.3 Å². The van der Waals surface area contributed by atoms with Crippen LogP contribution in [0.3, 0.4) is 0 Å². The summed E-state index contributed by atoms with van der Waals surface area (Å²) in [6.07, 6.45) is -4.81. The van der Waals surface area contributed by atoms with E-state index in [1.54, 1.807) is 0 Å². The summed E-state index contributed by atoms with van der Waals surface area (Å²) in [5.74, 6) is -1.73. The lowest BCUT2D eigenvalue weighted by atomic mass is 10.1. The van der Waals surface area contributed by atoms with Crippen LogP contribution in [0.5, 0.6) is 0 Å². The van der Waals surface area contributed by atoms with Crippen molar-refractivity contribution < 1.29 is 22.4 Å². The van der Waals surface area contributed by atoms with Gasteiger partial charge in [-0.3, -0.25) is 4.79 Å². The molecule has 0 fully saturated rings. The summed E-state index contributed by atoms with van der Waals surface area (Å²) in [5, 5.41) is 0. The summed E-state index contributed by atoms with van der Waals surface area (Å²) in [6.45, 7) is 0. The number of nitrogens with zero attached hydrogens (tertiary/aromatic N) is 1. The SMILES string of the molecule is NC(=O)c1ccc(-c2ccc(F)cc2)nc1C(F)(F)F. The predicted octanol–water partition coefficient (Wildman–Crippen LogP) is 3.01. The molecule has 0 aliphatic rings. The van der Waals surface area contributed by atoms with Crippen LogP contribution in [-0.4, -0.2) is 10.9 Å². The number of halogens is 4. The van der Waals surface area contributed by atoms with Gasteiger partial charge in [0, 0.05) is 5.56 Å². The van der Waals surface area contributed by atoms with E-state index in [0.717, 1.165) is 18.2 Å². The van der Waals surface area contributed by atoms with Crippen molar-refractivity contribution in [2.24, 2.45) is 5.73 Å². The molecule has 1 amide bonds. The van der Waals surface area contributed by atoms with Gasteiger partial charge in [0.2, 0.25) is 0 Å². The van der Waals surface area contributed by atoms with Crippen LogP contribution in [0.4, 0.5) is 17.6 Å². The highest BCUT2D eigenvalue weighted by Crippen LogP contribution is 2.32. The molecule has 0 saturated carbocycles. The minimum Gasteiger partial charge on any atom is -0.366 e. The number of amides is 1. The number of benzene rings is 1. The largest absolute Gasteiger partial charge is 0.434 e. The van der Waals surface area contributed by atoms with Crippen LogP contribution in [0.1, 0.15) is 16.1 Å². The molecule has 0 aliphatic carbocycles. The van der Waals surface area contributed by atoms with Crippen LogP contribution < -0.4 is 5.73 Å². The first-order valence-electron chi connectivity index (χ1n) is 5.43. The van der Waals surface area contributed by atoms with Crippen LogP contribution in [0.25, 0.3) is 11.3 Å². The molecular formula is C13H8F4N2O. The molecule has 1 aromatic carbocycles. The van der Waals surface area contributed by atoms with Crippen LogP contribution in [0.2, 0.25) is 0 Å². The van der Waals surface area contributed by atoms with Gasteiger partial charge in [-0.2, -0.15) is 13.2 Å². The molecule has 2 N–H and O–H groups in total. The summed E-state index contributed by atoms with van der Waals surface area (Å²) < 4.78 is 51.3. The van der Waals surface area contributed by atoms with Gasteiger partial charge in [0.15, 0.2) is 5.69 Å². The van der Waals surface area contributed by atoms with Crippen molar-refractivity contribution in [1.82, 2.24) is 4.98 Å². The fraction of sp³-hybridized carbons (Fsp3) is 0.0769. The smallest absolute Gasteiger partial charge is 0.366 e.